The maximum Gasteiger partial charge on any atom is 0.261 e. The molecular formula is C17H18N2O2S. The molecule has 0 saturated heterocycles. The molecule has 0 saturated carbocycles. The van der Waals surface area contributed by atoms with Gasteiger partial charge in [0.15, 0.2) is 5.11 Å². The van der Waals surface area contributed by atoms with Crippen molar-refractivity contribution >= 4 is 28.9 Å². The highest BCUT2D eigenvalue weighted by atomic mass is 32.1. The third-order valence-electron chi connectivity index (χ3n) is 3.20. The normalized spacial score (nSPS) is 9.91. The number of hydrogen-bond donors (Lipinski definition) is 2. The Labute approximate surface area is 135 Å². The molecule has 0 bridgehead atoms. The first-order valence-electron chi connectivity index (χ1n) is 6.98. The monoisotopic (exact) mass is 314 g/mol. The number of carbonyl (C=O) groups is 1. The van der Waals surface area contributed by atoms with Crippen LogP contribution in [0.4, 0.5) is 5.69 Å². The maximum atomic E-state index is 12.2. The molecule has 0 unspecified atom stereocenters. The Balaban J connectivity index is 2.00. The summed E-state index contributed by atoms with van der Waals surface area (Å²) >= 11 is 5.17. The van der Waals surface area contributed by atoms with Crippen LogP contribution in [0.15, 0.2) is 48.5 Å². The summed E-state index contributed by atoms with van der Waals surface area (Å²) in [4.78, 5) is 12.2. The lowest BCUT2D eigenvalue weighted by Crippen LogP contribution is -2.34. The van der Waals surface area contributed by atoms with Crippen LogP contribution in [0.25, 0.3) is 0 Å². The Bertz CT molecular complexity index is 669. The SMILES string of the molecule is CCc1ccc(NC(=S)NC(=O)c2ccccc2OC)cc1. The topological polar surface area (TPSA) is 50.4 Å². The molecule has 0 fully saturated rings. The van der Waals surface area contributed by atoms with Crippen LogP contribution in [0.2, 0.25) is 0 Å². The van der Waals surface area contributed by atoms with Gasteiger partial charge in [-0.2, -0.15) is 0 Å². The summed E-state index contributed by atoms with van der Waals surface area (Å²) in [7, 11) is 1.53. The molecule has 0 heterocycles. The molecule has 4 nitrogen and oxygen atoms in total. The molecule has 0 spiro atoms. The molecule has 0 aliphatic heterocycles. The summed E-state index contributed by atoms with van der Waals surface area (Å²) in [6.45, 7) is 2.10. The van der Waals surface area contributed by atoms with E-state index in [1.54, 1.807) is 18.2 Å². The van der Waals surface area contributed by atoms with Gasteiger partial charge in [-0.25, -0.2) is 0 Å². The van der Waals surface area contributed by atoms with E-state index in [0.29, 0.717) is 11.3 Å². The molecule has 2 N–H and O–H groups in total. The molecule has 0 aromatic heterocycles. The molecule has 0 atom stereocenters. The van der Waals surface area contributed by atoms with Crippen molar-refractivity contribution in [2.75, 3.05) is 12.4 Å². The molecular weight excluding hydrogens is 296 g/mol. The highest BCUT2D eigenvalue weighted by Crippen LogP contribution is 2.17. The number of hydrogen-bond acceptors (Lipinski definition) is 3. The van der Waals surface area contributed by atoms with Crippen LogP contribution in [0.3, 0.4) is 0 Å². The Morgan fingerprint density at radius 2 is 1.82 bits per heavy atom. The van der Waals surface area contributed by atoms with Crippen LogP contribution in [0.1, 0.15) is 22.8 Å². The molecule has 2 aromatic rings. The lowest BCUT2D eigenvalue weighted by molar-refractivity contribution is 0.0975. The van der Waals surface area contributed by atoms with Gasteiger partial charge in [0, 0.05) is 5.69 Å². The summed E-state index contributed by atoms with van der Waals surface area (Å²) in [5.74, 6) is 0.204. The van der Waals surface area contributed by atoms with E-state index in [1.807, 2.05) is 30.3 Å². The molecule has 5 heteroatoms. The van der Waals surface area contributed by atoms with Crippen molar-refractivity contribution in [2.24, 2.45) is 0 Å². The molecule has 0 aliphatic carbocycles. The smallest absolute Gasteiger partial charge is 0.261 e. The molecule has 114 valence electrons. The minimum atomic E-state index is -0.305. The van der Waals surface area contributed by atoms with Crippen LogP contribution in [-0.4, -0.2) is 18.1 Å². The Morgan fingerprint density at radius 1 is 1.14 bits per heavy atom. The number of methoxy groups -OCH3 is 1. The summed E-state index contributed by atoms with van der Waals surface area (Å²) in [5, 5.41) is 5.89. The molecule has 22 heavy (non-hydrogen) atoms. The number of ether oxygens (including phenoxy) is 1. The lowest BCUT2D eigenvalue weighted by Gasteiger charge is -2.11. The second kappa shape index (κ2) is 7.56. The number of amides is 1. The summed E-state index contributed by atoms with van der Waals surface area (Å²) in [6, 6.07) is 14.9. The van der Waals surface area contributed by atoms with Gasteiger partial charge in [0.25, 0.3) is 5.91 Å². The second-order valence-corrected chi connectivity index (χ2v) is 5.07. The standard InChI is InChI=1S/C17H18N2O2S/c1-3-12-8-10-13(11-9-12)18-17(22)19-16(20)14-6-4-5-7-15(14)21-2/h4-11H,3H2,1-2H3,(H2,18,19,20,22). The zero-order valence-corrected chi connectivity index (χ0v) is 13.4. The number of nitrogens with one attached hydrogen (secondary N) is 2. The first kappa shape index (κ1) is 16.0. The number of anilines is 1. The number of para-hydroxylation sites is 1. The summed E-state index contributed by atoms with van der Waals surface area (Å²) in [5.41, 5.74) is 2.52. The van der Waals surface area contributed by atoms with Crippen LogP contribution >= 0.6 is 12.2 Å². The number of carbonyl (C=O) groups excluding carboxylic acids is 1. The number of benzene rings is 2. The molecule has 0 aliphatic rings. The van der Waals surface area contributed by atoms with Crippen molar-refractivity contribution in [2.45, 2.75) is 13.3 Å². The quantitative estimate of drug-likeness (QED) is 0.850. The van der Waals surface area contributed by atoms with E-state index in [1.165, 1.54) is 12.7 Å². The minimum Gasteiger partial charge on any atom is -0.496 e. The van der Waals surface area contributed by atoms with E-state index in [9.17, 15) is 4.79 Å². The van der Waals surface area contributed by atoms with Crippen molar-refractivity contribution in [3.63, 3.8) is 0 Å². The van der Waals surface area contributed by atoms with E-state index in [2.05, 4.69) is 17.6 Å². The van der Waals surface area contributed by atoms with Gasteiger partial charge in [-0.15, -0.1) is 0 Å². The van der Waals surface area contributed by atoms with Gasteiger partial charge in [-0.3, -0.25) is 10.1 Å². The van der Waals surface area contributed by atoms with E-state index >= 15 is 0 Å². The van der Waals surface area contributed by atoms with E-state index < -0.39 is 0 Å². The van der Waals surface area contributed by atoms with Crippen LogP contribution in [0.5, 0.6) is 5.75 Å². The van der Waals surface area contributed by atoms with Gasteiger partial charge in [-0.05, 0) is 48.5 Å². The maximum absolute atomic E-state index is 12.2. The van der Waals surface area contributed by atoms with Crippen molar-refractivity contribution in [3.05, 3.63) is 59.7 Å². The molecule has 0 radical (unpaired) electrons. The Morgan fingerprint density at radius 3 is 2.45 bits per heavy atom. The zero-order chi connectivity index (χ0) is 15.9. The molecule has 1 amide bonds. The van der Waals surface area contributed by atoms with Gasteiger partial charge in [0.05, 0.1) is 12.7 Å². The number of aryl methyl sites for hydroxylation is 1. The van der Waals surface area contributed by atoms with Gasteiger partial charge in [0.1, 0.15) is 5.75 Å². The summed E-state index contributed by atoms with van der Waals surface area (Å²) in [6.07, 6.45) is 0.981. The molecule has 2 aromatic carbocycles. The predicted octanol–water partition coefficient (Wildman–Crippen LogP) is 3.38. The minimum absolute atomic E-state index is 0.250. The first-order chi connectivity index (χ1) is 10.6. The first-order valence-corrected chi connectivity index (χ1v) is 7.39. The fourth-order valence-electron chi connectivity index (χ4n) is 1.99. The fraction of sp³-hybridized carbons (Fsp3) is 0.176. The van der Waals surface area contributed by atoms with Crippen LogP contribution < -0.4 is 15.4 Å². The molecule has 2 rings (SSSR count). The highest BCUT2D eigenvalue weighted by molar-refractivity contribution is 7.80. The zero-order valence-electron chi connectivity index (χ0n) is 12.6. The van der Waals surface area contributed by atoms with Gasteiger partial charge < -0.3 is 10.1 Å². The highest BCUT2D eigenvalue weighted by Gasteiger charge is 2.12. The van der Waals surface area contributed by atoms with Crippen molar-refractivity contribution in [1.29, 1.82) is 0 Å². The van der Waals surface area contributed by atoms with Crippen molar-refractivity contribution < 1.29 is 9.53 Å². The van der Waals surface area contributed by atoms with E-state index in [4.69, 9.17) is 17.0 Å². The van der Waals surface area contributed by atoms with Crippen molar-refractivity contribution in [3.8, 4) is 5.75 Å². The van der Waals surface area contributed by atoms with Crippen LogP contribution in [-0.2, 0) is 6.42 Å². The van der Waals surface area contributed by atoms with E-state index in [0.717, 1.165) is 12.1 Å². The van der Waals surface area contributed by atoms with Crippen LogP contribution in [0, 0.1) is 0 Å². The Hall–Kier alpha value is -2.40. The second-order valence-electron chi connectivity index (χ2n) is 4.66. The third kappa shape index (κ3) is 4.05. The largest absolute Gasteiger partial charge is 0.496 e. The summed E-state index contributed by atoms with van der Waals surface area (Å²) < 4.78 is 5.17. The van der Waals surface area contributed by atoms with Gasteiger partial charge in [-0.1, -0.05) is 31.2 Å². The van der Waals surface area contributed by atoms with Crippen molar-refractivity contribution in [1.82, 2.24) is 5.32 Å². The van der Waals surface area contributed by atoms with E-state index in [-0.39, 0.29) is 11.0 Å². The average Bonchev–Trinajstić information content (AvgIpc) is 2.55. The Kier molecular flexibility index (Phi) is 5.49. The average molecular weight is 314 g/mol. The number of rotatable bonds is 4. The fourth-order valence-corrected chi connectivity index (χ4v) is 2.20. The van der Waals surface area contributed by atoms with Gasteiger partial charge in [0.2, 0.25) is 0 Å². The van der Waals surface area contributed by atoms with Gasteiger partial charge >= 0.3 is 0 Å². The third-order valence-corrected chi connectivity index (χ3v) is 3.40. The predicted molar refractivity (Wildman–Crippen MR) is 92.5 cm³/mol. The lowest BCUT2D eigenvalue weighted by atomic mass is 10.1. The number of thiocarbonyl (C=S) groups is 1.